The highest BCUT2D eigenvalue weighted by molar-refractivity contribution is 9.11. The van der Waals surface area contributed by atoms with Crippen LogP contribution in [0.3, 0.4) is 0 Å². The van der Waals surface area contributed by atoms with E-state index in [1.54, 1.807) is 0 Å². The standard InChI is InChI=1S/C18H10Br2N2O4S3/c1-25-18(24)14-8(6-26-7-23)13(9-2-4-11(19)27-9)16-17(22-29-21-16)15(14)10-3-5-12(20)28-10/h2-5,7H,6H2,1H3. The Hall–Kier alpha value is -1.66. The summed E-state index contributed by atoms with van der Waals surface area (Å²) in [5.41, 5.74) is 3.47. The van der Waals surface area contributed by atoms with E-state index in [2.05, 4.69) is 40.6 Å². The Kier molecular flexibility index (Phi) is 6.11. The highest BCUT2D eigenvalue weighted by Crippen LogP contribution is 2.46. The molecule has 0 aliphatic carbocycles. The second-order valence-corrected chi connectivity index (χ2v) is 11.1. The molecule has 0 spiro atoms. The van der Waals surface area contributed by atoms with Crippen molar-refractivity contribution in [3.8, 4) is 20.9 Å². The topological polar surface area (TPSA) is 78.4 Å². The molecule has 3 aromatic heterocycles. The molecule has 0 radical (unpaired) electrons. The maximum absolute atomic E-state index is 12.9. The number of fused-ring (bicyclic) bond motifs is 1. The molecule has 0 bridgehead atoms. The van der Waals surface area contributed by atoms with Crippen LogP contribution in [0.5, 0.6) is 0 Å². The van der Waals surface area contributed by atoms with E-state index in [0.717, 1.165) is 29.1 Å². The van der Waals surface area contributed by atoms with E-state index < -0.39 is 5.97 Å². The smallest absolute Gasteiger partial charge is 0.339 e. The summed E-state index contributed by atoms with van der Waals surface area (Å²) in [6.45, 7) is 0.270. The van der Waals surface area contributed by atoms with Crippen LogP contribution in [0.25, 0.3) is 31.9 Å². The van der Waals surface area contributed by atoms with E-state index in [4.69, 9.17) is 9.47 Å². The van der Waals surface area contributed by atoms with Gasteiger partial charge in [0.25, 0.3) is 6.47 Å². The highest BCUT2D eigenvalue weighted by atomic mass is 79.9. The van der Waals surface area contributed by atoms with E-state index in [9.17, 15) is 9.59 Å². The van der Waals surface area contributed by atoms with Crippen molar-refractivity contribution in [2.45, 2.75) is 6.61 Å². The van der Waals surface area contributed by atoms with Crippen LogP contribution in [0.4, 0.5) is 0 Å². The number of benzene rings is 1. The Balaban J connectivity index is 2.16. The molecule has 0 amide bonds. The number of nitrogens with zero attached hydrogens (tertiary/aromatic N) is 2. The van der Waals surface area contributed by atoms with Gasteiger partial charge < -0.3 is 9.47 Å². The molecule has 0 atom stereocenters. The number of ether oxygens (including phenoxy) is 2. The SMILES string of the molecule is COC(=O)c1c(COC=O)c(-c2ccc(Br)s2)c2nsnc2c1-c1ccc(Br)s1. The summed E-state index contributed by atoms with van der Waals surface area (Å²) in [5, 5.41) is 0. The number of rotatable bonds is 6. The molecule has 0 fully saturated rings. The fourth-order valence-electron chi connectivity index (χ4n) is 3.05. The molecule has 1 aromatic carbocycles. The van der Waals surface area contributed by atoms with Crippen LogP contribution in [-0.2, 0) is 20.9 Å². The predicted molar refractivity (Wildman–Crippen MR) is 122 cm³/mol. The van der Waals surface area contributed by atoms with E-state index in [1.165, 1.54) is 29.8 Å². The van der Waals surface area contributed by atoms with Crippen molar-refractivity contribution in [2.24, 2.45) is 0 Å². The average Bonchev–Trinajstić information content (AvgIpc) is 3.45. The second-order valence-electron chi connectivity index (χ2n) is 5.67. The number of hydrogen-bond donors (Lipinski definition) is 0. The second kappa shape index (κ2) is 8.60. The molecule has 0 aliphatic heterocycles. The largest absolute Gasteiger partial charge is 0.465 e. The number of hydrogen-bond acceptors (Lipinski definition) is 9. The molecule has 29 heavy (non-hydrogen) atoms. The summed E-state index contributed by atoms with van der Waals surface area (Å²) < 4.78 is 21.1. The van der Waals surface area contributed by atoms with E-state index >= 15 is 0 Å². The molecule has 3 heterocycles. The van der Waals surface area contributed by atoms with Crippen LogP contribution >= 0.6 is 66.3 Å². The Bertz CT molecular complexity index is 1230. The van der Waals surface area contributed by atoms with Gasteiger partial charge in [-0.15, -0.1) is 22.7 Å². The third-order valence-corrected chi connectivity index (χ3v) is 7.95. The quantitative estimate of drug-likeness (QED) is 0.204. The molecule has 0 aliphatic rings. The lowest BCUT2D eigenvalue weighted by atomic mass is 9.92. The van der Waals surface area contributed by atoms with Gasteiger partial charge in [-0.1, -0.05) is 0 Å². The first-order valence-corrected chi connectivity index (χ1v) is 12.0. The van der Waals surface area contributed by atoms with Gasteiger partial charge in [0, 0.05) is 26.4 Å². The first-order chi connectivity index (χ1) is 14.0. The van der Waals surface area contributed by atoms with E-state index in [-0.39, 0.29) is 6.61 Å². The number of thiophene rings is 2. The summed E-state index contributed by atoms with van der Waals surface area (Å²) in [6, 6.07) is 7.65. The van der Waals surface area contributed by atoms with Crippen molar-refractivity contribution in [3.05, 3.63) is 43.0 Å². The van der Waals surface area contributed by atoms with Crippen LogP contribution in [-0.4, -0.2) is 28.3 Å². The van der Waals surface area contributed by atoms with Gasteiger partial charge in [-0.05, 0) is 56.1 Å². The van der Waals surface area contributed by atoms with Gasteiger partial charge >= 0.3 is 5.97 Å². The summed E-state index contributed by atoms with van der Waals surface area (Å²) in [5.74, 6) is -0.527. The van der Waals surface area contributed by atoms with Crippen molar-refractivity contribution < 1.29 is 19.1 Å². The van der Waals surface area contributed by atoms with Crippen molar-refractivity contribution in [1.29, 1.82) is 0 Å². The van der Waals surface area contributed by atoms with Crippen molar-refractivity contribution in [2.75, 3.05) is 7.11 Å². The van der Waals surface area contributed by atoms with Gasteiger partial charge in [-0.25, -0.2) is 4.79 Å². The molecule has 0 unspecified atom stereocenters. The Morgan fingerprint density at radius 2 is 1.62 bits per heavy atom. The molecule has 0 N–H and O–H groups in total. The maximum Gasteiger partial charge on any atom is 0.339 e. The van der Waals surface area contributed by atoms with Crippen molar-refractivity contribution >= 4 is 89.7 Å². The zero-order valence-corrected chi connectivity index (χ0v) is 20.2. The van der Waals surface area contributed by atoms with Gasteiger partial charge in [0.1, 0.15) is 17.6 Å². The molecule has 148 valence electrons. The summed E-state index contributed by atoms with van der Waals surface area (Å²) in [4.78, 5) is 25.6. The van der Waals surface area contributed by atoms with Gasteiger partial charge in [-0.2, -0.15) is 8.75 Å². The lowest BCUT2D eigenvalue weighted by Gasteiger charge is -2.17. The zero-order valence-electron chi connectivity index (χ0n) is 14.6. The van der Waals surface area contributed by atoms with Crippen LogP contribution in [0.2, 0.25) is 0 Å². The van der Waals surface area contributed by atoms with Gasteiger partial charge in [0.15, 0.2) is 0 Å². The fraction of sp³-hybridized carbons (Fsp3) is 0.111. The monoisotopic (exact) mass is 572 g/mol. The zero-order chi connectivity index (χ0) is 20.5. The molecule has 0 saturated heterocycles. The number of aromatic nitrogens is 2. The minimum Gasteiger partial charge on any atom is -0.465 e. The molecule has 4 aromatic rings. The number of esters is 1. The van der Waals surface area contributed by atoms with Crippen LogP contribution < -0.4 is 0 Å². The summed E-state index contributed by atoms with van der Waals surface area (Å²) in [7, 11) is 1.33. The Labute approximate surface area is 194 Å². The van der Waals surface area contributed by atoms with E-state index in [1.807, 2.05) is 24.3 Å². The lowest BCUT2D eigenvalue weighted by molar-refractivity contribution is -0.129. The molecule has 0 saturated carbocycles. The predicted octanol–water partition coefficient (Wildman–Crippen LogP) is 6.13. The third kappa shape index (κ3) is 3.77. The first-order valence-electron chi connectivity index (χ1n) is 8.01. The Morgan fingerprint density at radius 3 is 2.14 bits per heavy atom. The van der Waals surface area contributed by atoms with E-state index in [0.29, 0.717) is 39.8 Å². The van der Waals surface area contributed by atoms with Crippen molar-refractivity contribution in [3.63, 3.8) is 0 Å². The van der Waals surface area contributed by atoms with Gasteiger partial charge in [0.05, 0.1) is 32.0 Å². The van der Waals surface area contributed by atoms with Gasteiger partial charge in [-0.3, -0.25) is 4.79 Å². The maximum atomic E-state index is 12.9. The Morgan fingerprint density at radius 1 is 1.03 bits per heavy atom. The minimum absolute atomic E-state index is 0.0915. The molecule has 6 nitrogen and oxygen atoms in total. The number of methoxy groups -OCH3 is 1. The molecular weight excluding hydrogens is 564 g/mol. The number of carbonyl (C=O) groups is 2. The lowest BCUT2D eigenvalue weighted by Crippen LogP contribution is -2.11. The van der Waals surface area contributed by atoms with Crippen LogP contribution in [0.1, 0.15) is 15.9 Å². The van der Waals surface area contributed by atoms with Crippen LogP contribution in [0, 0.1) is 0 Å². The highest BCUT2D eigenvalue weighted by Gasteiger charge is 2.30. The fourth-order valence-corrected chi connectivity index (χ4v) is 6.50. The molecule has 11 heteroatoms. The minimum atomic E-state index is -0.527. The molecular formula is C18H10Br2N2O4S3. The third-order valence-electron chi connectivity index (χ3n) is 4.14. The first kappa shape index (κ1) is 20.6. The van der Waals surface area contributed by atoms with Gasteiger partial charge in [0.2, 0.25) is 0 Å². The van der Waals surface area contributed by atoms with Crippen LogP contribution in [0.15, 0.2) is 31.8 Å². The molecule has 4 rings (SSSR count). The average molecular weight is 574 g/mol. The van der Waals surface area contributed by atoms with Crippen molar-refractivity contribution in [1.82, 2.24) is 8.75 Å². The summed E-state index contributed by atoms with van der Waals surface area (Å²) in [6.07, 6.45) is 0. The summed E-state index contributed by atoms with van der Waals surface area (Å²) >= 11 is 11.0. The number of carbonyl (C=O) groups excluding carboxylic acids is 2. The number of halogens is 2. The normalized spacial score (nSPS) is 11.0.